The Hall–Kier alpha value is -0.580. The van der Waals surface area contributed by atoms with Crippen LogP contribution in [-0.4, -0.2) is 19.7 Å². The van der Waals surface area contributed by atoms with Crippen molar-refractivity contribution in [1.82, 2.24) is 0 Å². The van der Waals surface area contributed by atoms with Crippen LogP contribution in [0, 0.1) is 0 Å². The predicted octanol–water partition coefficient (Wildman–Crippen LogP) is 2.91. The summed E-state index contributed by atoms with van der Waals surface area (Å²) in [6.45, 7) is 0. The quantitative estimate of drug-likeness (QED) is 0.873. The van der Waals surface area contributed by atoms with Gasteiger partial charge in [-0.3, -0.25) is 0 Å². The first-order valence-corrected chi connectivity index (χ1v) is 8.80. The third-order valence-corrected chi connectivity index (χ3v) is 6.24. The number of benzene rings is 1. The molecule has 5 heteroatoms. The first-order valence-electron chi connectivity index (χ1n) is 6.70. The highest BCUT2D eigenvalue weighted by Gasteiger charge is 2.32. The maximum atomic E-state index is 12.5. The Morgan fingerprint density at radius 1 is 1.11 bits per heavy atom. The zero-order valence-corrected chi connectivity index (χ0v) is 12.5. The van der Waals surface area contributed by atoms with E-state index in [9.17, 15) is 8.42 Å². The number of hydrogen-bond acceptors (Lipinski definition) is 3. The molecule has 0 radical (unpaired) electrons. The summed E-state index contributed by atoms with van der Waals surface area (Å²) < 4.78 is 25.0. The molecule has 2 rings (SSSR count). The van der Waals surface area contributed by atoms with Crippen LogP contribution >= 0.6 is 11.6 Å². The highest BCUT2D eigenvalue weighted by Crippen LogP contribution is 2.25. The van der Waals surface area contributed by atoms with E-state index in [1.165, 1.54) is 0 Å². The molecule has 2 atom stereocenters. The van der Waals surface area contributed by atoms with Crippen LogP contribution in [0.3, 0.4) is 0 Å². The molecule has 1 aromatic rings. The van der Waals surface area contributed by atoms with E-state index in [0.717, 1.165) is 31.2 Å². The molecule has 0 saturated heterocycles. The van der Waals surface area contributed by atoms with E-state index in [2.05, 4.69) is 0 Å². The van der Waals surface area contributed by atoms with Crippen LogP contribution in [0.5, 0.6) is 0 Å². The molecule has 0 spiro atoms. The van der Waals surface area contributed by atoms with Crippen LogP contribution in [0.4, 0.5) is 0 Å². The molecule has 3 nitrogen and oxygen atoms in total. The van der Waals surface area contributed by atoms with Crippen molar-refractivity contribution in [2.75, 3.05) is 0 Å². The molecule has 0 aliphatic heterocycles. The second kappa shape index (κ2) is 6.25. The Morgan fingerprint density at radius 3 is 2.42 bits per heavy atom. The van der Waals surface area contributed by atoms with Gasteiger partial charge in [0.2, 0.25) is 0 Å². The molecule has 1 fully saturated rings. The minimum absolute atomic E-state index is 0.0581. The van der Waals surface area contributed by atoms with Gasteiger partial charge in [0.15, 0.2) is 9.84 Å². The van der Waals surface area contributed by atoms with Gasteiger partial charge < -0.3 is 5.73 Å². The lowest BCUT2D eigenvalue weighted by atomic mass is 10.1. The summed E-state index contributed by atoms with van der Waals surface area (Å²) >= 11 is 5.81. The van der Waals surface area contributed by atoms with Crippen LogP contribution in [0.1, 0.15) is 37.7 Å². The van der Waals surface area contributed by atoms with Gasteiger partial charge >= 0.3 is 0 Å². The average Bonchev–Trinajstić information content (AvgIpc) is 2.57. The fourth-order valence-corrected chi connectivity index (χ4v) is 4.86. The standard InChI is InChI=1S/C14H20ClNO2S/c15-12-8-6-11(7-9-12)10-19(17,18)14-5-3-1-2-4-13(14)16/h6-9,13-14H,1-5,10,16H2. The lowest BCUT2D eigenvalue weighted by Gasteiger charge is -2.21. The van der Waals surface area contributed by atoms with Crippen molar-refractivity contribution >= 4 is 21.4 Å². The molecule has 0 aromatic heterocycles. The third-order valence-electron chi connectivity index (χ3n) is 3.75. The first kappa shape index (κ1) is 14.8. The Morgan fingerprint density at radius 2 is 1.74 bits per heavy atom. The van der Waals surface area contributed by atoms with Crippen LogP contribution < -0.4 is 5.73 Å². The molecule has 106 valence electrons. The van der Waals surface area contributed by atoms with Crippen LogP contribution in [0.2, 0.25) is 5.02 Å². The maximum absolute atomic E-state index is 12.5. The molecule has 0 heterocycles. The van der Waals surface area contributed by atoms with Gasteiger partial charge in [-0.2, -0.15) is 0 Å². The summed E-state index contributed by atoms with van der Waals surface area (Å²) in [5.74, 6) is 0.0581. The fraction of sp³-hybridized carbons (Fsp3) is 0.571. The molecular formula is C14H20ClNO2S. The number of hydrogen-bond donors (Lipinski definition) is 1. The van der Waals surface area contributed by atoms with Crippen molar-refractivity contribution in [2.45, 2.75) is 49.1 Å². The summed E-state index contributed by atoms with van der Waals surface area (Å²) in [6, 6.07) is 6.75. The van der Waals surface area contributed by atoms with E-state index in [0.29, 0.717) is 11.4 Å². The molecule has 0 amide bonds. The van der Waals surface area contributed by atoms with Gasteiger partial charge in [-0.25, -0.2) is 8.42 Å². The predicted molar refractivity (Wildman–Crippen MR) is 78.9 cm³/mol. The molecule has 1 saturated carbocycles. The van der Waals surface area contributed by atoms with E-state index >= 15 is 0 Å². The monoisotopic (exact) mass is 301 g/mol. The third kappa shape index (κ3) is 3.94. The second-order valence-corrected chi connectivity index (χ2v) is 7.93. The molecule has 2 unspecified atom stereocenters. The van der Waals surface area contributed by atoms with E-state index < -0.39 is 15.1 Å². The van der Waals surface area contributed by atoms with Gasteiger partial charge in [-0.15, -0.1) is 0 Å². The molecule has 2 N–H and O–H groups in total. The Balaban J connectivity index is 2.14. The van der Waals surface area contributed by atoms with E-state index in [1.54, 1.807) is 24.3 Å². The summed E-state index contributed by atoms with van der Waals surface area (Å²) in [5, 5.41) is 0.220. The molecule has 1 aliphatic rings. The lowest BCUT2D eigenvalue weighted by molar-refractivity contribution is 0.530. The Bertz CT molecular complexity index is 513. The average molecular weight is 302 g/mol. The van der Waals surface area contributed by atoms with Crippen molar-refractivity contribution in [3.8, 4) is 0 Å². The Labute approximate surface area is 120 Å². The van der Waals surface area contributed by atoms with Gasteiger partial charge in [-0.1, -0.05) is 43.0 Å². The number of sulfone groups is 1. The second-order valence-electron chi connectivity index (χ2n) is 5.27. The largest absolute Gasteiger partial charge is 0.327 e. The maximum Gasteiger partial charge on any atom is 0.158 e. The summed E-state index contributed by atoms with van der Waals surface area (Å²) in [6.07, 6.45) is 4.58. The minimum atomic E-state index is -3.19. The van der Waals surface area contributed by atoms with Crippen LogP contribution in [0.15, 0.2) is 24.3 Å². The smallest absolute Gasteiger partial charge is 0.158 e. The molecule has 1 aromatic carbocycles. The zero-order valence-electron chi connectivity index (χ0n) is 10.9. The molecular weight excluding hydrogens is 282 g/mol. The van der Waals surface area contributed by atoms with E-state index in [-0.39, 0.29) is 11.8 Å². The SMILES string of the molecule is NC1CCCCCC1S(=O)(=O)Cc1ccc(Cl)cc1. The van der Waals surface area contributed by atoms with Gasteiger partial charge in [0, 0.05) is 11.1 Å². The normalized spacial score (nSPS) is 24.9. The Kier molecular flexibility index (Phi) is 4.87. The first-order chi connectivity index (χ1) is 8.99. The topological polar surface area (TPSA) is 60.2 Å². The van der Waals surface area contributed by atoms with Gasteiger partial charge in [0.1, 0.15) is 0 Å². The number of nitrogens with two attached hydrogens (primary N) is 1. The molecule has 19 heavy (non-hydrogen) atoms. The van der Waals surface area contributed by atoms with Gasteiger partial charge in [0.05, 0.1) is 11.0 Å². The summed E-state index contributed by atoms with van der Waals surface area (Å²) in [7, 11) is -3.19. The van der Waals surface area contributed by atoms with Crippen LogP contribution in [-0.2, 0) is 15.6 Å². The fourth-order valence-electron chi connectivity index (χ4n) is 2.67. The lowest BCUT2D eigenvalue weighted by Crippen LogP contribution is -2.40. The van der Waals surface area contributed by atoms with Crippen molar-refractivity contribution in [2.24, 2.45) is 5.73 Å². The number of halogens is 1. The zero-order chi connectivity index (χ0) is 13.9. The highest BCUT2D eigenvalue weighted by molar-refractivity contribution is 7.91. The van der Waals surface area contributed by atoms with E-state index in [1.807, 2.05) is 0 Å². The van der Waals surface area contributed by atoms with Crippen molar-refractivity contribution < 1.29 is 8.42 Å². The van der Waals surface area contributed by atoms with Crippen molar-refractivity contribution in [1.29, 1.82) is 0 Å². The van der Waals surface area contributed by atoms with E-state index in [4.69, 9.17) is 17.3 Å². The summed E-state index contributed by atoms with van der Waals surface area (Å²) in [4.78, 5) is 0. The highest BCUT2D eigenvalue weighted by atomic mass is 35.5. The minimum Gasteiger partial charge on any atom is -0.327 e. The van der Waals surface area contributed by atoms with Crippen LogP contribution in [0.25, 0.3) is 0 Å². The van der Waals surface area contributed by atoms with Gasteiger partial charge in [0.25, 0.3) is 0 Å². The molecule has 0 bridgehead atoms. The van der Waals surface area contributed by atoms with Crippen molar-refractivity contribution in [3.63, 3.8) is 0 Å². The molecule has 1 aliphatic carbocycles. The van der Waals surface area contributed by atoms with Crippen molar-refractivity contribution in [3.05, 3.63) is 34.9 Å². The van der Waals surface area contributed by atoms with Gasteiger partial charge in [-0.05, 0) is 30.5 Å². The number of rotatable bonds is 3. The summed E-state index contributed by atoms with van der Waals surface area (Å²) in [5.41, 5.74) is 6.82.